The maximum atomic E-state index is 11.0. The third-order valence-electron chi connectivity index (χ3n) is 3.81. The van der Waals surface area contributed by atoms with Gasteiger partial charge in [-0.05, 0) is 19.9 Å². The Labute approximate surface area is 118 Å². The number of phenolic OH excluding ortho intramolecular Hbond substituents is 1. The van der Waals surface area contributed by atoms with E-state index in [9.17, 15) is 9.90 Å². The topological polar surface area (TPSA) is 70.0 Å². The lowest BCUT2D eigenvalue weighted by atomic mass is 10.00. The lowest BCUT2D eigenvalue weighted by Gasteiger charge is -2.39. The summed E-state index contributed by atoms with van der Waals surface area (Å²) in [5.41, 5.74) is 1.91. The molecule has 1 fully saturated rings. The second-order valence-corrected chi connectivity index (χ2v) is 5.30. The Kier molecular flexibility index (Phi) is 4.62. The van der Waals surface area contributed by atoms with Crippen molar-refractivity contribution < 1.29 is 19.7 Å². The van der Waals surface area contributed by atoms with E-state index in [0.29, 0.717) is 19.8 Å². The van der Waals surface area contributed by atoms with Gasteiger partial charge in [0.1, 0.15) is 5.75 Å². The average molecular weight is 279 g/mol. The summed E-state index contributed by atoms with van der Waals surface area (Å²) in [5.74, 6) is -0.574. The Balaban J connectivity index is 2.22. The first-order chi connectivity index (χ1) is 9.49. The molecule has 1 aromatic carbocycles. The third-order valence-corrected chi connectivity index (χ3v) is 3.81. The van der Waals surface area contributed by atoms with Gasteiger partial charge in [-0.3, -0.25) is 9.69 Å². The lowest BCUT2D eigenvalue weighted by molar-refractivity contribution is -0.140. The first kappa shape index (κ1) is 14.8. The van der Waals surface area contributed by atoms with Crippen LogP contribution in [-0.2, 0) is 9.53 Å². The van der Waals surface area contributed by atoms with Crippen molar-refractivity contribution in [3.8, 4) is 5.75 Å². The minimum atomic E-state index is -0.828. The van der Waals surface area contributed by atoms with Crippen molar-refractivity contribution in [2.45, 2.75) is 32.4 Å². The molecule has 2 N–H and O–H groups in total. The average Bonchev–Trinajstić information content (AvgIpc) is 2.41. The summed E-state index contributed by atoms with van der Waals surface area (Å²) in [5, 5.41) is 19.0. The van der Waals surface area contributed by atoms with Crippen LogP contribution in [0.3, 0.4) is 0 Å². The zero-order valence-electron chi connectivity index (χ0n) is 11.9. The zero-order chi connectivity index (χ0) is 14.7. The van der Waals surface area contributed by atoms with Crippen LogP contribution in [0.5, 0.6) is 5.75 Å². The van der Waals surface area contributed by atoms with Gasteiger partial charge < -0.3 is 14.9 Å². The molecular formula is C15H21NO4. The molecule has 0 radical (unpaired) electrons. The van der Waals surface area contributed by atoms with Crippen LogP contribution in [0.1, 0.15) is 30.5 Å². The van der Waals surface area contributed by atoms with E-state index in [4.69, 9.17) is 9.84 Å². The summed E-state index contributed by atoms with van der Waals surface area (Å²) >= 11 is 0. The molecule has 1 saturated heterocycles. The highest BCUT2D eigenvalue weighted by Crippen LogP contribution is 2.32. The molecule has 0 aliphatic carbocycles. The van der Waals surface area contributed by atoms with Crippen LogP contribution in [0.15, 0.2) is 18.2 Å². The predicted octanol–water partition coefficient (Wildman–Crippen LogP) is 1.94. The first-order valence-electron chi connectivity index (χ1n) is 6.84. The molecule has 0 spiro atoms. The van der Waals surface area contributed by atoms with E-state index in [1.807, 2.05) is 26.0 Å². The Morgan fingerprint density at radius 1 is 1.55 bits per heavy atom. The van der Waals surface area contributed by atoms with Gasteiger partial charge in [-0.1, -0.05) is 17.7 Å². The van der Waals surface area contributed by atoms with Crippen LogP contribution < -0.4 is 0 Å². The highest BCUT2D eigenvalue weighted by Gasteiger charge is 2.30. The third kappa shape index (κ3) is 3.29. The van der Waals surface area contributed by atoms with Gasteiger partial charge >= 0.3 is 5.97 Å². The van der Waals surface area contributed by atoms with Gasteiger partial charge in [0.25, 0.3) is 0 Å². The fraction of sp³-hybridized carbons (Fsp3) is 0.533. The highest BCUT2D eigenvalue weighted by atomic mass is 16.5. The molecule has 1 aliphatic heterocycles. The van der Waals surface area contributed by atoms with Crippen LogP contribution in [0, 0.1) is 6.92 Å². The molecule has 20 heavy (non-hydrogen) atoms. The molecule has 1 heterocycles. The molecular weight excluding hydrogens is 258 g/mol. The lowest BCUT2D eigenvalue weighted by Crippen LogP contribution is -2.47. The Hall–Kier alpha value is -1.59. The van der Waals surface area contributed by atoms with Gasteiger partial charge in [0.15, 0.2) is 0 Å². The number of aromatic hydroxyl groups is 1. The highest BCUT2D eigenvalue weighted by molar-refractivity contribution is 5.67. The van der Waals surface area contributed by atoms with E-state index in [0.717, 1.165) is 11.1 Å². The minimum absolute atomic E-state index is 0.0388. The largest absolute Gasteiger partial charge is 0.508 e. The number of aryl methyl sites for hydroxylation is 1. The van der Waals surface area contributed by atoms with Gasteiger partial charge in [0.05, 0.1) is 19.6 Å². The van der Waals surface area contributed by atoms with Crippen LogP contribution in [-0.4, -0.2) is 46.9 Å². The van der Waals surface area contributed by atoms with Crippen LogP contribution in [0.4, 0.5) is 0 Å². The summed E-state index contributed by atoms with van der Waals surface area (Å²) in [7, 11) is 0. The molecule has 5 nitrogen and oxygen atoms in total. The van der Waals surface area contributed by atoms with Gasteiger partial charge in [0, 0.05) is 24.2 Å². The maximum absolute atomic E-state index is 11.0. The number of hydrogen-bond acceptors (Lipinski definition) is 4. The quantitative estimate of drug-likeness (QED) is 0.881. The minimum Gasteiger partial charge on any atom is -0.508 e. The van der Waals surface area contributed by atoms with Gasteiger partial charge in [-0.15, -0.1) is 0 Å². The van der Waals surface area contributed by atoms with E-state index < -0.39 is 5.97 Å². The fourth-order valence-electron chi connectivity index (χ4n) is 2.74. The standard InChI is InChI=1S/C15H21NO4/c1-10-3-4-14(17)13(7-10)11(2)16-5-6-20-9-12(16)8-15(18)19/h3-4,7,11-12,17H,5-6,8-9H2,1-2H3,(H,18,19). The molecule has 2 unspecified atom stereocenters. The first-order valence-corrected chi connectivity index (χ1v) is 6.84. The fourth-order valence-corrected chi connectivity index (χ4v) is 2.74. The van der Waals surface area contributed by atoms with Crippen LogP contribution in [0.2, 0.25) is 0 Å². The Morgan fingerprint density at radius 2 is 2.30 bits per heavy atom. The van der Waals surface area contributed by atoms with Crippen molar-refractivity contribution in [2.24, 2.45) is 0 Å². The molecule has 5 heteroatoms. The van der Waals surface area contributed by atoms with E-state index in [1.165, 1.54) is 0 Å². The number of hydrogen-bond donors (Lipinski definition) is 2. The number of carboxylic acid groups (broad SMARTS) is 1. The summed E-state index contributed by atoms with van der Waals surface area (Å²) in [6.07, 6.45) is 0.0525. The molecule has 1 aliphatic rings. The molecule has 0 bridgehead atoms. The monoisotopic (exact) mass is 279 g/mol. The summed E-state index contributed by atoms with van der Waals surface area (Å²) < 4.78 is 5.39. The number of aliphatic carboxylic acids is 1. The summed E-state index contributed by atoms with van der Waals surface area (Å²) in [6, 6.07) is 5.31. The Morgan fingerprint density at radius 3 is 3.00 bits per heavy atom. The number of carboxylic acids is 1. The van der Waals surface area contributed by atoms with Gasteiger partial charge in [-0.25, -0.2) is 0 Å². The summed E-state index contributed by atoms with van der Waals surface area (Å²) in [4.78, 5) is 13.1. The van der Waals surface area contributed by atoms with Crippen molar-refractivity contribution in [2.75, 3.05) is 19.8 Å². The molecule has 0 aromatic heterocycles. The second kappa shape index (κ2) is 6.24. The predicted molar refractivity (Wildman–Crippen MR) is 74.8 cm³/mol. The van der Waals surface area contributed by atoms with Crippen molar-refractivity contribution in [3.63, 3.8) is 0 Å². The van der Waals surface area contributed by atoms with E-state index in [1.54, 1.807) is 6.07 Å². The van der Waals surface area contributed by atoms with E-state index in [2.05, 4.69) is 4.90 Å². The number of benzene rings is 1. The van der Waals surface area contributed by atoms with Crippen LogP contribution >= 0.6 is 0 Å². The van der Waals surface area contributed by atoms with Crippen molar-refractivity contribution in [1.29, 1.82) is 0 Å². The number of carbonyl (C=O) groups is 1. The molecule has 0 saturated carbocycles. The Bertz CT molecular complexity index is 489. The number of morpholine rings is 1. The molecule has 2 rings (SSSR count). The normalized spacial score (nSPS) is 21.6. The van der Waals surface area contributed by atoms with E-state index in [-0.39, 0.29) is 24.3 Å². The zero-order valence-corrected chi connectivity index (χ0v) is 11.9. The number of ether oxygens (including phenoxy) is 1. The summed E-state index contributed by atoms with van der Waals surface area (Å²) in [6.45, 7) is 5.65. The van der Waals surface area contributed by atoms with Crippen molar-refractivity contribution >= 4 is 5.97 Å². The van der Waals surface area contributed by atoms with Gasteiger partial charge in [-0.2, -0.15) is 0 Å². The molecule has 0 amide bonds. The second-order valence-electron chi connectivity index (χ2n) is 5.30. The van der Waals surface area contributed by atoms with Crippen molar-refractivity contribution in [3.05, 3.63) is 29.3 Å². The number of nitrogens with zero attached hydrogens (tertiary/aromatic N) is 1. The van der Waals surface area contributed by atoms with Crippen molar-refractivity contribution in [1.82, 2.24) is 4.90 Å². The smallest absolute Gasteiger partial charge is 0.305 e. The molecule has 2 atom stereocenters. The molecule has 110 valence electrons. The van der Waals surface area contributed by atoms with Crippen LogP contribution in [0.25, 0.3) is 0 Å². The van der Waals surface area contributed by atoms with Gasteiger partial charge in [0.2, 0.25) is 0 Å². The number of phenols is 1. The molecule has 1 aromatic rings. The van der Waals surface area contributed by atoms with E-state index >= 15 is 0 Å². The number of rotatable bonds is 4. The SMILES string of the molecule is Cc1ccc(O)c(C(C)N2CCOCC2CC(=O)O)c1. The maximum Gasteiger partial charge on any atom is 0.305 e.